The molecule has 0 aliphatic heterocycles. The third-order valence-corrected chi connectivity index (χ3v) is 5.45. The lowest BCUT2D eigenvalue weighted by atomic mass is 10.1. The molecular formula is C26H45N3O. The maximum atomic E-state index is 12.2. The average molecular weight is 416 g/mol. The molecule has 0 radical (unpaired) electrons. The minimum Gasteiger partial charge on any atom is -0.387 e. The Kier molecular flexibility index (Phi) is 15.7. The van der Waals surface area contributed by atoms with Gasteiger partial charge in [0.15, 0.2) is 0 Å². The third kappa shape index (κ3) is 14.2. The van der Waals surface area contributed by atoms with E-state index in [1.807, 2.05) is 24.3 Å². The second kappa shape index (κ2) is 18.0. The highest BCUT2D eigenvalue weighted by Gasteiger charge is 2.04. The van der Waals surface area contributed by atoms with E-state index in [-0.39, 0.29) is 5.91 Å². The molecule has 4 heteroatoms. The van der Waals surface area contributed by atoms with Crippen LogP contribution < -0.4 is 11.1 Å². The zero-order valence-electron chi connectivity index (χ0n) is 19.6. The largest absolute Gasteiger partial charge is 0.387 e. The maximum absolute atomic E-state index is 12.2. The third-order valence-electron chi connectivity index (χ3n) is 5.45. The predicted molar refractivity (Wildman–Crippen MR) is 132 cm³/mol. The van der Waals surface area contributed by atoms with Crippen molar-refractivity contribution < 1.29 is 4.79 Å². The van der Waals surface area contributed by atoms with Gasteiger partial charge in [-0.15, -0.1) is 0 Å². The molecule has 30 heavy (non-hydrogen) atoms. The number of nitrogens with zero attached hydrogens (tertiary/aromatic N) is 1. The molecule has 0 unspecified atom stereocenters. The number of aliphatic imine (C=N–C) groups is 1. The van der Waals surface area contributed by atoms with Crippen molar-refractivity contribution >= 4 is 23.1 Å². The van der Waals surface area contributed by atoms with Crippen LogP contribution in [0.1, 0.15) is 117 Å². The molecule has 0 saturated carbocycles. The Balaban J connectivity index is 2.27. The molecule has 4 nitrogen and oxygen atoms in total. The number of hydrogen-bond donors (Lipinski definition) is 2. The van der Waals surface area contributed by atoms with Crippen LogP contribution in [-0.4, -0.2) is 11.7 Å². The first kappa shape index (κ1) is 26.2. The van der Waals surface area contributed by atoms with Gasteiger partial charge in [-0.2, -0.15) is 0 Å². The molecule has 0 saturated heterocycles. The fourth-order valence-corrected chi connectivity index (χ4v) is 3.60. The van der Waals surface area contributed by atoms with Crippen LogP contribution >= 0.6 is 0 Å². The van der Waals surface area contributed by atoms with Crippen LogP contribution in [0.25, 0.3) is 0 Å². The fraction of sp³-hybridized carbons (Fsp3) is 0.692. The molecule has 0 atom stereocenters. The fourth-order valence-electron chi connectivity index (χ4n) is 3.60. The van der Waals surface area contributed by atoms with Crippen LogP contribution in [0.3, 0.4) is 0 Å². The molecule has 0 aliphatic carbocycles. The van der Waals surface area contributed by atoms with Gasteiger partial charge >= 0.3 is 0 Å². The van der Waals surface area contributed by atoms with Gasteiger partial charge < -0.3 is 11.1 Å². The van der Waals surface area contributed by atoms with Crippen LogP contribution in [0.4, 0.5) is 11.4 Å². The molecule has 170 valence electrons. The van der Waals surface area contributed by atoms with Gasteiger partial charge in [0.1, 0.15) is 0 Å². The standard InChI is InChI=1S/C26H45N3O/c1-3-5-7-9-11-13-15-20-25(27)28-23-18-17-19-24(22-23)29-26(30)21-16-14-12-10-8-6-4-2/h17-19,22H,3-16,20-21H2,1-2H3,(H2,27,28)(H,29,30). The van der Waals surface area contributed by atoms with Gasteiger partial charge in [0.2, 0.25) is 5.91 Å². The first-order valence-electron chi connectivity index (χ1n) is 12.4. The van der Waals surface area contributed by atoms with Crippen LogP contribution in [0.5, 0.6) is 0 Å². The van der Waals surface area contributed by atoms with Crippen molar-refractivity contribution in [3.05, 3.63) is 24.3 Å². The quantitative estimate of drug-likeness (QED) is 0.145. The molecule has 3 N–H and O–H groups in total. The molecule has 0 bridgehead atoms. The van der Waals surface area contributed by atoms with E-state index in [0.717, 1.165) is 37.1 Å². The molecule has 0 fully saturated rings. The number of carbonyl (C=O) groups excluding carboxylic acids is 1. The molecule has 0 aromatic heterocycles. The SMILES string of the molecule is CCCCCCCCCC(=O)Nc1cccc(N=C(N)CCCCCCCCC)c1. The summed E-state index contributed by atoms with van der Waals surface area (Å²) in [6, 6.07) is 7.67. The number of amidine groups is 1. The summed E-state index contributed by atoms with van der Waals surface area (Å²) in [4.78, 5) is 16.7. The number of nitrogens with two attached hydrogens (primary N) is 1. The molecule has 1 aromatic carbocycles. The summed E-state index contributed by atoms with van der Waals surface area (Å²) in [5, 5.41) is 2.99. The molecule has 1 aromatic rings. The summed E-state index contributed by atoms with van der Waals surface area (Å²) in [6.07, 6.45) is 18.8. The highest BCUT2D eigenvalue weighted by Crippen LogP contribution is 2.19. The Bertz CT molecular complexity index is 598. The summed E-state index contributed by atoms with van der Waals surface area (Å²) < 4.78 is 0. The number of nitrogens with one attached hydrogen (secondary N) is 1. The van der Waals surface area contributed by atoms with E-state index in [2.05, 4.69) is 24.2 Å². The Labute approximate surface area is 185 Å². The van der Waals surface area contributed by atoms with E-state index in [1.54, 1.807) is 0 Å². The van der Waals surface area contributed by atoms with Crippen molar-refractivity contribution in [2.75, 3.05) is 5.32 Å². The van der Waals surface area contributed by atoms with E-state index in [4.69, 9.17) is 5.73 Å². The van der Waals surface area contributed by atoms with E-state index >= 15 is 0 Å². The first-order valence-corrected chi connectivity index (χ1v) is 12.4. The topological polar surface area (TPSA) is 67.5 Å². The Morgan fingerprint density at radius 2 is 1.33 bits per heavy atom. The van der Waals surface area contributed by atoms with Gasteiger partial charge in [0.25, 0.3) is 0 Å². The lowest BCUT2D eigenvalue weighted by Crippen LogP contribution is -2.11. The molecular weight excluding hydrogens is 370 g/mol. The van der Waals surface area contributed by atoms with Crippen molar-refractivity contribution in [1.29, 1.82) is 0 Å². The molecule has 0 aliphatic rings. The predicted octanol–water partition coefficient (Wildman–Crippen LogP) is 7.90. The average Bonchev–Trinajstić information content (AvgIpc) is 2.72. The highest BCUT2D eigenvalue weighted by atomic mass is 16.1. The molecule has 0 spiro atoms. The number of anilines is 1. The monoisotopic (exact) mass is 415 g/mol. The summed E-state index contributed by atoms with van der Waals surface area (Å²) >= 11 is 0. The number of unbranched alkanes of at least 4 members (excludes halogenated alkanes) is 12. The summed E-state index contributed by atoms with van der Waals surface area (Å²) in [7, 11) is 0. The Hall–Kier alpha value is -1.84. The Morgan fingerprint density at radius 1 is 0.800 bits per heavy atom. The Morgan fingerprint density at radius 3 is 1.93 bits per heavy atom. The van der Waals surface area contributed by atoms with Crippen molar-refractivity contribution in [3.8, 4) is 0 Å². The van der Waals surface area contributed by atoms with Gasteiger partial charge in [-0.05, 0) is 31.0 Å². The number of carbonyl (C=O) groups is 1. The van der Waals surface area contributed by atoms with Crippen molar-refractivity contribution in [2.24, 2.45) is 10.7 Å². The lowest BCUT2D eigenvalue weighted by molar-refractivity contribution is -0.116. The zero-order chi connectivity index (χ0) is 21.9. The maximum Gasteiger partial charge on any atom is 0.224 e. The van der Waals surface area contributed by atoms with E-state index in [9.17, 15) is 4.79 Å². The van der Waals surface area contributed by atoms with Crippen molar-refractivity contribution in [2.45, 2.75) is 117 Å². The highest BCUT2D eigenvalue weighted by molar-refractivity contribution is 5.91. The second-order valence-electron chi connectivity index (χ2n) is 8.44. The number of amides is 1. The number of benzene rings is 1. The number of rotatable bonds is 18. The first-order chi connectivity index (χ1) is 14.7. The molecule has 1 amide bonds. The summed E-state index contributed by atoms with van der Waals surface area (Å²) in [5.41, 5.74) is 7.72. The molecule has 0 heterocycles. The second-order valence-corrected chi connectivity index (χ2v) is 8.44. The minimum atomic E-state index is 0.0840. The normalized spacial score (nSPS) is 11.6. The number of hydrogen-bond acceptors (Lipinski definition) is 2. The van der Waals surface area contributed by atoms with Gasteiger partial charge in [-0.1, -0.05) is 97.0 Å². The van der Waals surface area contributed by atoms with Gasteiger partial charge in [-0.3, -0.25) is 4.79 Å². The van der Waals surface area contributed by atoms with Gasteiger partial charge in [0, 0.05) is 18.5 Å². The zero-order valence-corrected chi connectivity index (χ0v) is 19.6. The smallest absolute Gasteiger partial charge is 0.224 e. The van der Waals surface area contributed by atoms with Crippen LogP contribution in [0.15, 0.2) is 29.3 Å². The van der Waals surface area contributed by atoms with E-state index in [0.29, 0.717) is 12.3 Å². The van der Waals surface area contributed by atoms with Crippen molar-refractivity contribution in [1.82, 2.24) is 0 Å². The van der Waals surface area contributed by atoms with Gasteiger partial charge in [0.05, 0.1) is 11.5 Å². The van der Waals surface area contributed by atoms with E-state index in [1.165, 1.54) is 70.6 Å². The van der Waals surface area contributed by atoms with Crippen LogP contribution in [0.2, 0.25) is 0 Å². The van der Waals surface area contributed by atoms with Crippen LogP contribution in [-0.2, 0) is 4.79 Å². The molecule has 1 rings (SSSR count). The lowest BCUT2D eigenvalue weighted by Gasteiger charge is -2.07. The minimum absolute atomic E-state index is 0.0840. The van der Waals surface area contributed by atoms with Crippen molar-refractivity contribution in [3.63, 3.8) is 0 Å². The van der Waals surface area contributed by atoms with Crippen LogP contribution in [0, 0.1) is 0 Å². The van der Waals surface area contributed by atoms with Gasteiger partial charge in [-0.25, -0.2) is 4.99 Å². The summed E-state index contributed by atoms with van der Waals surface area (Å²) in [5.74, 6) is 0.760. The van der Waals surface area contributed by atoms with E-state index < -0.39 is 0 Å². The summed E-state index contributed by atoms with van der Waals surface area (Å²) in [6.45, 7) is 4.48.